The van der Waals surface area contributed by atoms with E-state index in [4.69, 9.17) is 28.5 Å². The second-order valence-corrected chi connectivity index (χ2v) is 5.81. The van der Waals surface area contributed by atoms with Crippen molar-refractivity contribution in [3.8, 4) is 6.07 Å². The molecule has 0 fully saturated rings. The standard InChI is InChI=1S/C13H10Cl2N2S/c1-8(10-5-13(15)18-7-10)17-12-4-9(6-16)2-3-11(12)14/h2-5,7-8,17H,1H3. The van der Waals surface area contributed by atoms with Gasteiger partial charge in [-0.15, -0.1) is 11.3 Å². The molecule has 1 heterocycles. The van der Waals surface area contributed by atoms with Crippen LogP contribution in [0, 0.1) is 11.3 Å². The third kappa shape index (κ3) is 2.97. The Bertz CT molecular complexity index is 601. The first-order chi connectivity index (χ1) is 8.60. The molecule has 1 N–H and O–H groups in total. The first kappa shape index (κ1) is 13.2. The van der Waals surface area contributed by atoms with E-state index < -0.39 is 0 Å². The van der Waals surface area contributed by atoms with Gasteiger partial charge in [-0.1, -0.05) is 23.2 Å². The molecule has 92 valence electrons. The highest BCUT2D eigenvalue weighted by Crippen LogP contribution is 2.30. The molecule has 0 aliphatic carbocycles. The number of hydrogen-bond acceptors (Lipinski definition) is 3. The minimum atomic E-state index is 0.0835. The second kappa shape index (κ2) is 5.62. The van der Waals surface area contributed by atoms with Crippen LogP contribution in [0.3, 0.4) is 0 Å². The van der Waals surface area contributed by atoms with Crippen molar-refractivity contribution >= 4 is 40.2 Å². The predicted octanol–water partition coefficient (Wildman–Crippen LogP) is 5.10. The molecule has 2 aromatic rings. The molecule has 1 aromatic carbocycles. The van der Waals surface area contributed by atoms with Crippen LogP contribution in [-0.2, 0) is 0 Å². The summed E-state index contributed by atoms with van der Waals surface area (Å²) < 4.78 is 0.760. The fourth-order valence-corrected chi connectivity index (χ4v) is 2.73. The summed E-state index contributed by atoms with van der Waals surface area (Å²) in [5.41, 5.74) is 2.44. The number of anilines is 1. The van der Waals surface area contributed by atoms with Crippen LogP contribution >= 0.6 is 34.5 Å². The summed E-state index contributed by atoms with van der Waals surface area (Å²) in [6, 6.07) is 9.26. The van der Waals surface area contributed by atoms with Crippen LogP contribution in [0.4, 0.5) is 5.69 Å². The Morgan fingerprint density at radius 2 is 2.11 bits per heavy atom. The molecule has 5 heteroatoms. The van der Waals surface area contributed by atoms with Crippen LogP contribution < -0.4 is 5.32 Å². The number of nitriles is 1. The smallest absolute Gasteiger partial charge is 0.0992 e. The van der Waals surface area contributed by atoms with Crippen molar-refractivity contribution < 1.29 is 0 Å². The minimum absolute atomic E-state index is 0.0835. The Morgan fingerprint density at radius 1 is 1.33 bits per heavy atom. The van der Waals surface area contributed by atoms with Gasteiger partial charge in [-0.2, -0.15) is 5.26 Å². The number of nitrogens with one attached hydrogen (secondary N) is 1. The van der Waals surface area contributed by atoms with Crippen LogP contribution in [0.2, 0.25) is 9.36 Å². The van der Waals surface area contributed by atoms with E-state index in [2.05, 4.69) is 11.4 Å². The molecule has 0 aliphatic rings. The van der Waals surface area contributed by atoms with Gasteiger partial charge in [0.1, 0.15) is 0 Å². The molecule has 1 aromatic heterocycles. The highest BCUT2D eigenvalue weighted by Gasteiger charge is 2.10. The molecule has 18 heavy (non-hydrogen) atoms. The Balaban J connectivity index is 2.21. The maximum Gasteiger partial charge on any atom is 0.0992 e. The second-order valence-electron chi connectivity index (χ2n) is 3.86. The van der Waals surface area contributed by atoms with Gasteiger partial charge in [0.2, 0.25) is 0 Å². The lowest BCUT2D eigenvalue weighted by Gasteiger charge is -2.15. The summed E-state index contributed by atoms with van der Waals surface area (Å²) in [6.45, 7) is 2.02. The predicted molar refractivity (Wildman–Crippen MR) is 77.5 cm³/mol. The van der Waals surface area contributed by atoms with Gasteiger partial charge in [-0.25, -0.2) is 0 Å². The molecule has 0 saturated carbocycles. The monoisotopic (exact) mass is 296 g/mol. The van der Waals surface area contributed by atoms with E-state index >= 15 is 0 Å². The normalized spacial score (nSPS) is 11.9. The topological polar surface area (TPSA) is 35.8 Å². The van der Waals surface area contributed by atoms with Crippen molar-refractivity contribution in [3.63, 3.8) is 0 Å². The summed E-state index contributed by atoms with van der Waals surface area (Å²) in [5, 5.41) is 14.8. The molecule has 0 aliphatic heterocycles. The van der Waals surface area contributed by atoms with Crippen LogP contribution in [0.15, 0.2) is 29.6 Å². The number of benzene rings is 1. The number of hydrogen-bond donors (Lipinski definition) is 1. The van der Waals surface area contributed by atoms with Gasteiger partial charge in [-0.3, -0.25) is 0 Å². The van der Waals surface area contributed by atoms with Crippen molar-refractivity contribution in [1.82, 2.24) is 0 Å². The van der Waals surface area contributed by atoms with Crippen LogP contribution in [0.25, 0.3) is 0 Å². The van der Waals surface area contributed by atoms with Crippen molar-refractivity contribution in [2.45, 2.75) is 13.0 Å². The van der Waals surface area contributed by atoms with Crippen LogP contribution in [-0.4, -0.2) is 0 Å². The van der Waals surface area contributed by atoms with Crippen LogP contribution in [0.5, 0.6) is 0 Å². The Kier molecular flexibility index (Phi) is 4.13. The lowest BCUT2D eigenvalue weighted by molar-refractivity contribution is 0.890. The molecule has 0 amide bonds. The quantitative estimate of drug-likeness (QED) is 0.855. The van der Waals surface area contributed by atoms with E-state index in [1.807, 2.05) is 18.4 Å². The highest BCUT2D eigenvalue weighted by atomic mass is 35.5. The summed E-state index contributed by atoms with van der Waals surface area (Å²) in [6.07, 6.45) is 0. The molecule has 0 bridgehead atoms. The summed E-state index contributed by atoms with van der Waals surface area (Å²) in [7, 11) is 0. The van der Waals surface area contributed by atoms with Crippen LogP contribution in [0.1, 0.15) is 24.1 Å². The Hall–Kier alpha value is -1.21. The highest BCUT2D eigenvalue weighted by molar-refractivity contribution is 7.14. The Labute approximate surface area is 120 Å². The van der Waals surface area contributed by atoms with Gasteiger partial charge >= 0.3 is 0 Å². The fourth-order valence-electron chi connectivity index (χ4n) is 1.57. The van der Waals surface area contributed by atoms with Gasteiger partial charge in [0.15, 0.2) is 0 Å². The lowest BCUT2D eigenvalue weighted by Crippen LogP contribution is -2.06. The van der Waals surface area contributed by atoms with Gasteiger partial charge in [-0.05, 0) is 42.1 Å². The maximum absolute atomic E-state index is 8.87. The Morgan fingerprint density at radius 3 is 2.72 bits per heavy atom. The van der Waals surface area contributed by atoms with Crippen molar-refractivity contribution in [2.24, 2.45) is 0 Å². The van der Waals surface area contributed by atoms with E-state index in [0.717, 1.165) is 15.6 Å². The maximum atomic E-state index is 8.87. The first-order valence-electron chi connectivity index (χ1n) is 5.30. The number of halogens is 2. The van der Waals surface area contributed by atoms with Gasteiger partial charge in [0, 0.05) is 6.04 Å². The molecule has 1 atom stereocenters. The zero-order valence-electron chi connectivity index (χ0n) is 9.58. The van der Waals surface area contributed by atoms with Crippen molar-refractivity contribution in [3.05, 3.63) is 50.1 Å². The molecule has 2 rings (SSSR count). The average molecular weight is 297 g/mol. The lowest BCUT2D eigenvalue weighted by atomic mass is 10.1. The zero-order valence-corrected chi connectivity index (χ0v) is 11.9. The summed E-state index contributed by atoms with van der Waals surface area (Å²) in [5.74, 6) is 0. The SMILES string of the molecule is CC(Nc1cc(C#N)ccc1Cl)c1csc(Cl)c1. The van der Waals surface area contributed by atoms with E-state index in [1.165, 1.54) is 11.3 Å². The van der Waals surface area contributed by atoms with E-state index in [9.17, 15) is 0 Å². The number of rotatable bonds is 3. The largest absolute Gasteiger partial charge is 0.377 e. The van der Waals surface area contributed by atoms with E-state index in [-0.39, 0.29) is 6.04 Å². The fraction of sp³-hybridized carbons (Fsp3) is 0.154. The average Bonchev–Trinajstić information content (AvgIpc) is 2.79. The zero-order chi connectivity index (χ0) is 13.1. The molecule has 0 saturated heterocycles. The molecule has 0 spiro atoms. The number of nitrogens with zero attached hydrogens (tertiary/aromatic N) is 1. The first-order valence-corrected chi connectivity index (χ1v) is 6.94. The van der Waals surface area contributed by atoms with Crippen molar-refractivity contribution in [2.75, 3.05) is 5.32 Å². The van der Waals surface area contributed by atoms with Gasteiger partial charge in [0.25, 0.3) is 0 Å². The molecule has 2 nitrogen and oxygen atoms in total. The number of thiophene rings is 1. The molecule has 1 unspecified atom stereocenters. The van der Waals surface area contributed by atoms with Gasteiger partial charge < -0.3 is 5.32 Å². The van der Waals surface area contributed by atoms with E-state index in [1.54, 1.807) is 18.2 Å². The van der Waals surface area contributed by atoms with E-state index in [0.29, 0.717) is 10.6 Å². The summed E-state index contributed by atoms with van der Waals surface area (Å²) in [4.78, 5) is 0. The van der Waals surface area contributed by atoms with Gasteiger partial charge in [0.05, 0.1) is 26.7 Å². The molecular formula is C13H10Cl2N2S. The molecule has 0 radical (unpaired) electrons. The summed E-state index contributed by atoms with van der Waals surface area (Å²) >= 11 is 13.5. The third-order valence-corrected chi connectivity index (χ3v) is 3.99. The molecular weight excluding hydrogens is 287 g/mol. The minimum Gasteiger partial charge on any atom is -0.377 e. The third-order valence-electron chi connectivity index (χ3n) is 2.56. The van der Waals surface area contributed by atoms with Crippen molar-refractivity contribution in [1.29, 1.82) is 5.26 Å².